The number of hydrogen-bond acceptors (Lipinski definition) is 16. The van der Waals surface area contributed by atoms with Crippen LogP contribution >= 0.6 is 49.9 Å². The molecule has 0 spiro atoms. The molecule has 4 aliphatic rings. The van der Waals surface area contributed by atoms with Crippen molar-refractivity contribution in [2.75, 3.05) is 13.2 Å². The van der Waals surface area contributed by atoms with Gasteiger partial charge in [-0.05, 0) is 293 Å². The topological polar surface area (TPSA) is 175 Å². The van der Waals surface area contributed by atoms with E-state index in [0.29, 0.717) is 18.6 Å². The van der Waals surface area contributed by atoms with E-state index in [2.05, 4.69) is 145 Å². The summed E-state index contributed by atoms with van der Waals surface area (Å²) in [6, 6.07) is 12.2. The van der Waals surface area contributed by atoms with Crippen molar-refractivity contribution in [1.29, 1.82) is 0 Å². The van der Waals surface area contributed by atoms with Crippen molar-refractivity contribution in [1.82, 2.24) is 15.0 Å². The second kappa shape index (κ2) is 34.4. The summed E-state index contributed by atoms with van der Waals surface area (Å²) in [5, 5.41) is 10.1. The van der Waals surface area contributed by atoms with E-state index in [1.54, 1.807) is 34.0 Å². The Labute approximate surface area is 643 Å². The molecule has 0 saturated carbocycles. The zero-order chi connectivity index (χ0) is 77.6. The third-order valence-corrected chi connectivity index (χ3v) is 23.3. The quantitative estimate of drug-likeness (QED) is 0.0519. The molecule has 0 aromatic carbocycles. The summed E-state index contributed by atoms with van der Waals surface area (Å²) in [6.45, 7) is 56.1. The molecule has 0 bridgehead atoms. The molecular formula is C85H119BBrN3O11S3. The first-order valence-electron chi connectivity index (χ1n) is 36.9. The van der Waals surface area contributed by atoms with E-state index in [9.17, 15) is 19.5 Å². The molecule has 6 aromatic rings. The molecular weight excluding hydrogens is 1430 g/mol. The lowest BCUT2D eigenvalue weighted by atomic mass is 9.73. The minimum absolute atomic E-state index is 0.266. The van der Waals surface area contributed by atoms with Crippen molar-refractivity contribution >= 4 is 96.5 Å². The molecule has 7 heterocycles. The number of carboxylic acids is 1. The van der Waals surface area contributed by atoms with Gasteiger partial charge in [0, 0.05) is 65.8 Å². The molecule has 0 radical (unpaired) electrons. The third kappa shape index (κ3) is 22.8. The minimum Gasteiger partial charge on any atom is -0.479 e. The second-order valence-corrected chi connectivity index (χ2v) is 39.0. The highest BCUT2D eigenvalue weighted by atomic mass is 79.9. The van der Waals surface area contributed by atoms with Crippen LogP contribution in [0.25, 0.3) is 37.9 Å². The Morgan fingerprint density at radius 2 is 0.827 bits per heavy atom. The molecule has 3 unspecified atom stereocenters. The molecule has 1 aliphatic heterocycles. The van der Waals surface area contributed by atoms with Gasteiger partial charge in [0.25, 0.3) is 0 Å². The normalized spacial score (nSPS) is 18.3. The molecule has 6 aromatic heterocycles. The molecule has 3 aliphatic carbocycles. The van der Waals surface area contributed by atoms with E-state index < -0.39 is 59.4 Å². The van der Waals surface area contributed by atoms with Crippen LogP contribution in [0.4, 0.5) is 0 Å². The largest absolute Gasteiger partial charge is 0.506 e. The number of aryl methyl sites for hydroxylation is 6. The maximum Gasteiger partial charge on any atom is 0.506 e. The number of rotatable bonds is 17. The van der Waals surface area contributed by atoms with Crippen LogP contribution in [0.5, 0.6) is 0 Å². The molecule has 10 rings (SSSR count). The Kier molecular flexibility index (Phi) is 28.4. The summed E-state index contributed by atoms with van der Waals surface area (Å²) in [5.41, 5.74) is 13.1. The van der Waals surface area contributed by atoms with Gasteiger partial charge in [0.1, 0.15) is 4.60 Å². The summed E-state index contributed by atoms with van der Waals surface area (Å²) < 4.78 is 44.6. The predicted octanol–water partition coefficient (Wildman–Crippen LogP) is 22.9. The molecule has 568 valence electrons. The number of carbonyl (C=O) groups is 3. The van der Waals surface area contributed by atoms with Gasteiger partial charge in [-0.25, -0.2) is 19.4 Å². The van der Waals surface area contributed by atoms with Crippen molar-refractivity contribution < 1.29 is 52.5 Å². The van der Waals surface area contributed by atoms with Gasteiger partial charge >= 0.3 is 25.0 Å². The van der Waals surface area contributed by atoms with E-state index in [4.69, 9.17) is 38.0 Å². The number of hydrogen-bond donors (Lipinski definition) is 1. The zero-order valence-electron chi connectivity index (χ0n) is 67.5. The van der Waals surface area contributed by atoms with Crippen molar-refractivity contribution in [2.45, 2.75) is 291 Å². The molecule has 0 amide bonds. The number of nitrogens with zero attached hydrogens (tertiary/aromatic N) is 3. The van der Waals surface area contributed by atoms with Crippen LogP contribution in [0.15, 0.2) is 77.8 Å². The fraction of sp³-hybridized carbons (Fsp3) is 0.576. The van der Waals surface area contributed by atoms with Crippen LogP contribution < -0.4 is 4.78 Å². The molecule has 104 heavy (non-hydrogen) atoms. The smallest absolute Gasteiger partial charge is 0.479 e. The molecule has 19 heteroatoms. The summed E-state index contributed by atoms with van der Waals surface area (Å²) >= 11 is 8.19. The first kappa shape index (κ1) is 85.8. The molecule has 14 nitrogen and oxygen atoms in total. The number of carboxylic acid groups (broad SMARTS) is 1. The Balaban J connectivity index is 0.000000207. The van der Waals surface area contributed by atoms with Gasteiger partial charge in [-0.1, -0.05) is 78.0 Å². The van der Waals surface area contributed by atoms with Gasteiger partial charge in [-0.15, -0.1) is 34.0 Å². The predicted molar refractivity (Wildman–Crippen MR) is 434 cm³/mol. The maximum absolute atomic E-state index is 13.2. The fourth-order valence-corrected chi connectivity index (χ4v) is 16.6. The van der Waals surface area contributed by atoms with Gasteiger partial charge in [-0.3, -0.25) is 9.97 Å². The van der Waals surface area contributed by atoms with Gasteiger partial charge in [0.15, 0.2) is 18.3 Å². The van der Waals surface area contributed by atoms with E-state index in [1.165, 1.54) is 22.3 Å². The number of thiophene rings is 3. The fourth-order valence-electron chi connectivity index (χ4n) is 12.8. The SMILES string of the molecule is CCOC(=O)C(OC(C)(C)C)c1c(C)sc(-c2ccc(C)cn2)c1C1=CCC(C)(C)CC1.CCOC(=O)C(OC(C)(C)C)c1c(C)sc(B2OC(C)(C)C(C)(C)O2)c1C1=CCC(C)(C)CC1.Cc1ccc(-c2sc(C)c(C(OC(C)(C)C)C(=O)O)c2C2=CCC(C)(C)CC2)nc1.Cc1ccc(Br)nc1. The number of allylic oxidation sites excluding steroid dienone is 6. The highest BCUT2D eigenvalue weighted by molar-refractivity contribution is 9.10. The summed E-state index contributed by atoms with van der Waals surface area (Å²) in [7, 11) is -0.495. The standard InChI is InChI=1S/C27H43BO5S.C27H37NO3S.C25H33NO3S.C6H6BrN/c1-12-30-23(29)21(31-24(3,4)5)19-17(2)34-22(28-32-26(8,9)27(10,11)33-28)20(19)18-13-15-25(6,7)16-14-18;1-9-30-25(29)23(31-26(4,5)6)21-18(3)32-24(20-11-10-17(2)16-28-20)22(21)19-12-14-27(7,8)15-13-19;1-15-8-9-18(26-14-15)22-20(17-10-12-25(6,7)13-11-17)19(16(2)30-22)21(23(27)28)29-24(3,4)5;1-5-2-3-6(7)8-4-5/h13,21H,12,14-16H2,1-11H3;10-12,16,23H,9,13-15H2,1-8H3;8-10,14,21H,11-13H2,1-7H3,(H,27,28);2-4H,1H3. The van der Waals surface area contributed by atoms with Crippen LogP contribution in [-0.4, -0.2) is 86.3 Å². The summed E-state index contributed by atoms with van der Waals surface area (Å²) in [6.07, 6.45) is 19.1. The Bertz CT molecular complexity index is 4020. The molecule has 1 N–H and O–H groups in total. The number of aliphatic carboxylic acids is 1. The summed E-state index contributed by atoms with van der Waals surface area (Å²) in [4.78, 5) is 57.3. The number of pyridine rings is 3. The van der Waals surface area contributed by atoms with E-state index in [-0.39, 0.29) is 22.8 Å². The Morgan fingerprint density at radius 3 is 1.12 bits per heavy atom. The molecule has 1 fully saturated rings. The van der Waals surface area contributed by atoms with E-state index >= 15 is 0 Å². The van der Waals surface area contributed by atoms with Gasteiger partial charge in [0.05, 0.1) is 62.4 Å². The maximum atomic E-state index is 13.2. The number of carbonyl (C=O) groups excluding carboxylic acids is 2. The first-order chi connectivity index (χ1) is 48.1. The lowest BCUT2D eigenvalue weighted by molar-refractivity contribution is -0.167. The van der Waals surface area contributed by atoms with E-state index in [1.807, 2.05) is 141 Å². The minimum atomic E-state index is -1.01. The highest BCUT2D eigenvalue weighted by Crippen LogP contribution is 2.52. The number of esters is 2. The second-order valence-electron chi connectivity index (χ2n) is 34.5. The van der Waals surface area contributed by atoms with Crippen molar-refractivity contribution in [2.24, 2.45) is 16.2 Å². The molecule has 3 atom stereocenters. The van der Waals surface area contributed by atoms with E-state index in [0.717, 1.165) is 147 Å². The van der Waals surface area contributed by atoms with Crippen LogP contribution in [-0.2, 0) is 47.4 Å². The van der Waals surface area contributed by atoms with Crippen LogP contribution in [0.2, 0.25) is 0 Å². The molecule has 1 saturated heterocycles. The van der Waals surface area contributed by atoms with Gasteiger partial charge < -0.3 is 38.1 Å². The average Bonchev–Trinajstić information content (AvgIpc) is 1.59. The van der Waals surface area contributed by atoms with Crippen LogP contribution in [0.1, 0.15) is 286 Å². The lowest BCUT2D eigenvalue weighted by Crippen LogP contribution is -2.41. The van der Waals surface area contributed by atoms with Gasteiger partial charge in [0.2, 0.25) is 0 Å². The van der Waals surface area contributed by atoms with Crippen LogP contribution in [0, 0.1) is 57.8 Å². The Morgan fingerprint density at radius 1 is 0.500 bits per heavy atom. The number of ether oxygens (including phenoxy) is 5. The van der Waals surface area contributed by atoms with Gasteiger partial charge in [-0.2, -0.15) is 0 Å². The van der Waals surface area contributed by atoms with Crippen LogP contribution in [0.3, 0.4) is 0 Å². The van der Waals surface area contributed by atoms with Crippen molar-refractivity contribution in [3.63, 3.8) is 0 Å². The Hall–Kier alpha value is -5.48. The number of aromatic nitrogens is 3. The zero-order valence-corrected chi connectivity index (χ0v) is 71.5. The monoisotopic (exact) mass is 1540 g/mol. The summed E-state index contributed by atoms with van der Waals surface area (Å²) in [5.74, 6) is -1.63. The highest BCUT2D eigenvalue weighted by Gasteiger charge is 2.54. The lowest BCUT2D eigenvalue weighted by Gasteiger charge is -2.32. The van der Waals surface area contributed by atoms with Crippen molar-refractivity contribution in [3.8, 4) is 21.1 Å². The average molecular weight is 1550 g/mol. The third-order valence-electron chi connectivity index (χ3n) is 19.4. The first-order valence-corrected chi connectivity index (χ1v) is 40.2. The number of halogens is 1. The van der Waals surface area contributed by atoms with Crippen molar-refractivity contribution in [3.05, 3.63) is 143 Å².